The number of benzene rings is 1. The van der Waals surface area contributed by atoms with Crippen molar-refractivity contribution in [3.63, 3.8) is 0 Å². The van der Waals surface area contributed by atoms with Gasteiger partial charge in [-0.3, -0.25) is 4.90 Å². The van der Waals surface area contributed by atoms with Crippen molar-refractivity contribution in [3.8, 4) is 0 Å². The monoisotopic (exact) mass is 288 g/mol. The number of rotatable bonds is 3. The van der Waals surface area contributed by atoms with Crippen molar-refractivity contribution in [2.75, 3.05) is 24.3 Å². The first kappa shape index (κ1) is 13.6. The van der Waals surface area contributed by atoms with E-state index < -0.39 is 9.84 Å². The van der Waals surface area contributed by atoms with E-state index in [0.29, 0.717) is 29.4 Å². The molecule has 1 aliphatic rings. The maximum absolute atomic E-state index is 11.4. The molecule has 0 radical (unpaired) electrons. The third-order valence-corrected chi connectivity index (χ3v) is 5.41. The second-order valence-electron chi connectivity index (χ2n) is 4.83. The molecule has 1 saturated heterocycles. The number of halogens is 1. The van der Waals surface area contributed by atoms with Crippen molar-refractivity contribution < 1.29 is 8.42 Å². The van der Waals surface area contributed by atoms with Crippen LogP contribution in [0.4, 0.5) is 5.69 Å². The Labute approximate surface area is 113 Å². The molecule has 0 aromatic heterocycles. The van der Waals surface area contributed by atoms with E-state index in [0.717, 1.165) is 5.56 Å². The fraction of sp³-hybridized carbons (Fsp3) is 0.500. The molecule has 100 valence electrons. The Morgan fingerprint density at radius 3 is 2.78 bits per heavy atom. The molecule has 1 aromatic rings. The molecule has 4 nitrogen and oxygen atoms in total. The molecule has 2 N–H and O–H groups in total. The van der Waals surface area contributed by atoms with Gasteiger partial charge in [0.2, 0.25) is 0 Å². The van der Waals surface area contributed by atoms with Gasteiger partial charge in [-0.15, -0.1) is 0 Å². The fourth-order valence-corrected chi connectivity index (χ4v) is 4.22. The average molecular weight is 289 g/mol. The van der Waals surface area contributed by atoms with E-state index in [-0.39, 0.29) is 11.8 Å². The summed E-state index contributed by atoms with van der Waals surface area (Å²) >= 11 is 5.96. The van der Waals surface area contributed by atoms with Gasteiger partial charge in [0.25, 0.3) is 0 Å². The molecule has 6 heteroatoms. The Balaban J connectivity index is 2.03. The van der Waals surface area contributed by atoms with Crippen LogP contribution in [0.5, 0.6) is 0 Å². The maximum Gasteiger partial charge on any atom is 0.151 e. The molecule has 1 atom stereocenters. The lowest BCUT2D eigenvalue weighted by Crippen LogP contribution is -2.32. The molecule has 0 aliphatic carbocycles. The summed E-state index contributed by atoms with van der Waals surface area (Å²) in [5.74, 6) is 0.552. The van der Waals surface area contributed by atoms with Gasteiger partial charge in [-0.25, -0.2) is 8.42 Å². The van der Waals surface area contributed by atoms with E-state index in [2.05, 4.69) is 4.90 Å². The molecule has 0 amide bonds. The summed E-state index contributed by atoms with van der Waals surface area (Å²) in [6.45, 7) is 0.681. The second-order valence-corrected chi connectivity index (χ2v) is 7.46. The van der Waals surface area contributed by atoms with Crippen LogP contribution in [0.15, 0.2) is 18.2 Å². The number of nitrogens with two attached hydrogens (primary N) is 1. The molecule has 2 rings (SSSR count). The van der Waals surface area contributed by atoms with Crippen molar-refractivity contribution in [1.29, 1.82) is 0 Å². The molecular weight excluding hydrogens is 272 g/mol. The minimum absolute atomic E-state index is 0.103. The minimum Gasteiger partial charge on any atom is -0.398 e. The van der Waals surface area contributed by atoms with Crippen LogP contribution in [-0.4, -0.2) is 37.9 Å². The normalized spacial score (nSPS) is 22.5. The number of anilines is 1. The molecule has 0 spiro atoms. The molecule has 1 heterocycles. The van der Waals surface area contributed by atoms with Gasteiger partial charge in [-0.1, -0.05) is 17.7 Å². The molecule has 1 aliphatic heterocycles. The van der Waals surface area contributed by atoms with Gasteiger partial charge in [0.1, 0.15) is 0 Å². The highest BCUT2D eigenvalue weighted by Crippen LogP contribution is 2.22. The maximum atomic E-state index is 11.4. The summed E-state index contributed by atoms with van der Waals surface area (Å²) in [6.07, 6.45) is 0.710. The predicted molar refractivity (Wildman–Crippen MR) is 74.4 cm³/mol. The van der Waals surface area contributed by atoms with Crippen LogP contribution in [0.1, 0.15) is 12.0 Å². The first-order valence-electron chi connectivity index (χ1n) is 5.82. The third kappa shape index (κ3) is 3.16. The summed E-state index contributed by atoms with van der Waals surface area (Å²) in [6, 6.07) is 5.63. The smallest absolute Gasteiger partial charge is 0.151 e. The number of hydrogen-bond acceptors (Lipinski definition) is 4. The van der Waals surface area contributed by atoms with Crippen molar-refractivity contribution >= 4 is 27.1 Å². The van der Waals surface area contributed by atoms with E-state index in [1.165, 1.54) is 0 Å². The van der Waals surface area contributed by atoms with Gasteiger partial charge in [-0.2, -0.15) is 0 Å². The van der Waals surface area contributed by atoms with Gasteiger partial charge in [0, 0.05) is 12.6 Å². The average Bonchev–Trinajstić information content (AvgIpc) is 2.64. The quantitative estimate of drug-likeness (QED) is 0.857. The van der Waals surface area contributed by atoms with Crippen LogP contribution in [0, 0.1) is 0 Å². The summed E-state index contributed by atoms with van der Waals surface area (Å²) in [5.41, 5.74) is 7.26. The third-order valence-electron chi connectivity index (χ3n) is 3.33. The van der Waals surface area contributed by atoms with E-state index in [4.69, 9.17) is 17.3 Å². The summed E-state index contributed by atoms with van der Waals surface area (Å²) in [4.78, 5) is 2.06. The van der Waals surface area contributed by atoms with Crippen LogP contribution >= 0.6 is 11.6 Å². The van der Waals surface area contributed by atoms with Crippen LogP contribution in [0.3, 0.4) is 0 Å². The zero-order chi connectivity index (χ0) is 13.3. The highest BCUT2D eigenvalue weighted by molar-refractivity contribution is 7.91. The molecule has 1 aromatic carbocycles. The largest absolute Gasteiger partial charge is 0.398 e. The summed E-state index contributed by atoms with van der Waals surface area (Å²) in [7, 11) is -0.895. The van der Waals surface area contributed by atoms with Gasteiger partial charge in [-0.05, 0) is 31.2 Å². The predicted octanol–water partition coefficient (Wildman–Crippen LogP) is 1.54. The molecule has 1 unspecified atom stereocenters. The van der Waals surface area contributed by atoms with E-state index in [1.54, 1.807) is 6.07 Å². The molecular formula is C12H17ClN2O2S. The van der Waals surface area contributed by atoms with Crippen LogP contribution < -0.4 is 5.73 Å². The van der Waals surface area contributed by atoms with E-state index in [1.807, 2.05) is 19.2 Å². The van der Waals surface area contributed by atoms with E-state index >= 15 is 0 Å². The van der Waals surface area contributed by atoms with Crippen molar-refractivity contribution in [2.45, 2.75) is 19.0 Å². The lowest BCUT2D eigenvalue weighted by atomic mass is 10.1. The Hall–Kier alpha value is -0.780. The summed E-state index contributed by atoms with van der Waals surface area (Å²) < 4.78 is 22.9. The van der Waals surface area contributed by atoms with Gasteiger partial charge in [0.05, 0.1) is 22.2 Å². The first-order chi connectivity index (χ1) is 8.37. The number of sulfone groups is 1. The van der Waals surface area contributed by atoms with Gasteiger partial charge >= 0.3 is 0 Å². The molecule has 1 fully saturated rings. The van der Waals surface area contributed by atoms with Gasteiger partial charge < -0.3 is 5.73 Å². The first-order valence-corrected chi connectivity index (χ1v) is 8.02. The van der Waals surface area contributed by atoms with Crippen LogP contribution in [0.25, 0.3) is 0 Å². The van der Waals surface area contributed by atoms with E-state index in [9.17, 15) is 8.42 Å². The Bertz CT molecular complexity index is 545. The second kappa shape index (κ2) is 5.07. The molecule has 0 bridgehead atoms. The number of hydrogen-bond donors (Lipinski definition) is 1. The minimum atomic E-state index is -2.84. The lowest BCUT2D eigenvalue weighted by Gasteiger charge is -2.23. The topological polar surface area (TPSA) is 63.4 Å². The number of nitrogens with zero attached hydrogens (tertiary/aromatic N) is 1. The number of nitrogen functional groups attached to an aromatic ring is 1. The Kier molecular flexibility index (Phi) is 3.84. The standard InChI is InChI=1S/C12H17ClN2O2S/c1-15(10-4-5-18(16,17)8-10)7-9-2-3-12(14)11(13)6-9/h2-3,6,10H,4-5,7-8,14H2,1H3. The van der Waals surface area contributed by atoms with Crippen molar-refractivity contribution in [2.24, 2.45) is 0 Å². The summed E-state index contributed by atoms with van der Waals surface area (Å²) in [5, 5.41) is 0.542. The van der Waals surface area contributed by atoms with Crippen LogP contribution in [-0.2, 0) is 16.4 Å². The highest BCUT2D eigenvalue weighted by atomic mass is 35.5. The lowest BCUT2D eigenvalue weighted by molar-refractivity contribution is 0.254. The Morgan fingerprint density at radius 1 is 1.50 bits per heavy atom. The SMILES string of the molecule is CN(Cc1ccc(N)c(Cl)c1)C1CCS(=O)(=O)C1. The van der Waals surface area contributed by atoms with Crippen molar-refractivity contribution in [3.05, 3.63) is 28.8 Å². The Morgan fingerprint density at radius 2 is 2.22 bits per heavy atom. The van der Waals surface area contributed by atoms with Crippen molar-refractivity contribution in [1.82, 2.24) is 4.90 Å². The fourth-order valence-electron chi connectivity index (χ4n) is 2.21. The zero-order valence-corrected chi connectivity index (χ0v) is 11.8. The molecule has 18 heavy (non-hydrogen) atoms. The zero-order valence-electron chi connectivity index (χ0n) is 10.3. The van der Waals surface area contributed by atoms with Gasteiger partial charge in [0.15, 0.2) is 9.84 Å². The molecule has 0 saturated carbocycles. The highest BCUT2D eigenvalue weighted by Gasteiger charge is 2.30. The van der Waals surface area contributed by atoms with Crippen LogP contribution in [0.2, 0.25) is 5.02 Å².